The van der Waals surface area contributed by atoms with E-state index in [0.29, 0.717) is 11.6 Å². The molecule has 0 spiro atoms. The molecule has 4 rings (SSSR count). The first-order chi connectivity index (χ1) is 10.3. The van der Waals surface area contributed by atoms with Gasteiger partial charge in [0.2, 0.25) is 0 Å². The standard InChI is InChI=1S/C17H12ClNO2/c1-20-12-3-4-15-13(7-12)17-10(8-19-15)9-21-16-5-2-11(18)6-14(16)17/h2-8H,9H2,1H3. The summed E-state index contributed by atoms with van der Waals surface area (Å²) in [4.78, 5) is 4.50. The lowest BCUT2D eigenvalue weighted by molar-refractivity contribution is 0.302. The number of ether oxygens (including phenoxy) is 2. The SMILES string of the molecule is COc1ccc2ncc3c(c2c1)-c1cc(Cl)ccc1OC3. The topological polar surface area (TPSA) is 31.4 Å². The van der Waals surface area contributed by atoms with Crippen molar-refractivity contribution in [2.75, 3.05) is 7.11 Å². The summed E-state index contributed by atoms with van der Waals surface area (Å²) in [5, 5.41) is 1.75. The molecule has 0 amide bonds. The van der Waals surface area contributed by atoms with E-state index in [1.54, 1.807) is 7.11 Å². The Morgan fingerprint density at radius 2 is 2.10 bits per heavy atom. The summed E-state index contributed by atoms with van der Waals surface area (Å²) in [6.07, 6.45) is 1.87. The van der Waals surface area contributed by atoms with E-state index in [9.17, 15) is 0 Å². The van der Waals surface area contributed by atoms with Gasteiger partial charge in [-0.25, -0.2) is 0 Å². The zero-order valence-electron chi connectivity index (χ0n) is 11.4. The summed E-state index contributed by atoms with van der Waals surface area (Å²) in [7, 11) is 1.66. The maximum atomic E-state index is 6.16. The predicted octanol–water partition coefficient (Wildman–Crippen LogP) is 4.46. The van der Waals surface area contributed by atoms with Crippen LogP contribution in [0.4, 0.5) is 0 Å². The molecule has 4 heteroatoms. The van der Waals surface area contributed by atoms with Crippen LogP contribution in [0, 0.1) is 0 Å². The fourth-order valence-corrected chi connectivity index (χ4v) is 2.92. The number of benzene rings is 2. The van der Waals surface area contributed by atoms with Crippen molar-refractivity contribution < 1.29 is 9.47 Å². The number of rotatable bonds is 1. The molecular weight excluding hydrogens is 286 g/mol. The van der Waals surface area contributed by atoms with Gasteiger partial charge in [-0.2, -0.15) is 0 Å². The zero-order valence-corrected chi connectivity index (χ0v) is 12.1. The van der Waals surface area contributed by atoms with E-state index in [4.69, 9.17) is 21.1 Å². The molecule has 0 saturated carbocycles. The van der Waals surface area contributed by atoms with E-state index in [-0.39, 0.29) is 0 Å². The number of halogens is 1. The summed E-state index contributed by atoms with van der Waals surface area (Å²) in [5.74, 6) is 1.66. The normalized spacial score (nSPS) is 12.5. The average Bonchev–Trinajstić information content (AvgIpc) is 2.53. The third-order valence-corrected chi connectivity index (χ3v) is 3.98. The lowest BCUT2D eigenvalue weighted by atomic mass is 9.94. The molecule has 1 aliphatic heterocycles. The Kier molecular flexibility index (Phi) is 2.76. The molecule has 2 aromatic carbocycles. The molecular formula is C17H12ClNO2. The van der Waals surface area contributed by atoms with Crippen molar-refractivity contribution in [3.05, 3.63) is 53.2 Å². The first-order valence-corrected chi connectivity index (χ1v) is 7.02. The quantitative estimate of drug-likeness (QED) is 0.664. The van der Waals surface area contributed by atoms with Crippen LogP contribution in [-0.2, 0) is 6.61 Å². The Balaban J connectivity index is 2.10. The molecule has 0 atom stereocenters. The fourth-order valence-electron chi connectivity index (χ4n) is 2.75. The number of hydrogen-bond acceptors (Lipinski definition) is 3. The highest BCUT2D eigenvalue weighted by atomic mass is 35.5. The average molecular weight is 298 g/mol. The van der Waals surface area contributed by atoms with Crippen LogP contribution in [0.25, 0.3) is 22.0 Å². The minimum absolute atomic E-state index is 0.518. The van der Waals surface area contributed by atoms with Crippen molar-refractivity contribution in [2.24, 2.45) is 0 Å². The minimum Gasteiger partial charge on any atom is -0.497 e. The van der Waals surface area contributed by atoms with Gasteiger partial charge >= 0.3 is 0 Å². The largest absolute Gasteiger partial charge is 0.497 e. The highest BCUT2D eigenvalue weighted by Crippen LogP contribution is 2.42. The van der Waals surface area contributed by atoms with E-state index in [0.717, 1.165) is 39.1 Å². The molecule has 0 aliphatic carbocycles. The minimum atomic E-state index is 0.518. The van der Waals surface area contributed by atoms with Gasteiger partial charge in [-0.15, -0.1) is 0 Å². The van der Waals surface area contributed by atoms with Gasteiger partial charge in [-0.1, -0.05) is 11.6 Å². The monoisotopic (exact) mass is 297 g/mol. The second kappa shape index (κ2) is 4.64. The van der Waals surface area contributed by atoms with Crippen molar-refractivity contribution in [3.63, 3.8) is 0 Å². The Bertz CT molecular complexity index is 856. The smallest absolute Gasteiger partial charge is 0.127 e. The summed E-state index contributed by atoms with van der Waals surface area (Å²) >= 11 is 6.16. The number of methoxy groups -OCH3 is 1. The first-order valence-electron chi connectivity index (χ1n) is 6.64. The maximum absolute atomic E-state index is 6.16. The van der Waals surface area contributed by atoms with Crippen molar-refractivity contribution in [3.8, 4) is 22.6 Å². The molecule has 1 aliphatic rings. The number of hydrogen-bond donors (Lipinski definition) is 0. The van der Waals surface area contributed by atoms with Crippen LogP contribution in [0.15, 0.2) is 42.6 Å². The van der Waals surface area contributed by atoms with Gasteiger partial charge in [0.05, 0.1) is 12.6 Å². The number of fused-ring (bicyclic) bond motifs is 5. The Morgan fingerprint density at radius 3 is 2.95 bits per heavy atom. The second-order valence-corrected chi connectivity index (χ2v) is 5.41. The fraction of sp³-hybridized carbons (Fsp3) is 0.118. The van der Waals surface area contributed by atoms with Gasteiger partial charge < -0.3 is 9.47 Å². The van der Waals surface area contributed by atoms with Gasteiger partial charge in [-0.3, -0.25) is 4.98 Å². The Morgan fingerprint density at radius 1 is 1.19 bits per heavy atom. The molecule has 1 aromatic heterocycles. The van der Waals surface area contributed by atoms with Gasteiger partial charge in [0.25, 0.3) is 0 Å². The molecule has 0 bridgehead atoms. The highest BCUT2D eigenvalue weighted by Gasteiger charge is 2.21. The van der Waals surface area contributed by atoms with Crippen molar-refractivity contribution in [1.29, 1.82) is 0 Å². The predicted molar refractivity (Wildman–Crippen MR) is 83.1 cm³/mol. The summed E-state index contributed by atoms with van der Waals surface area (Å²) in [6, 6.07) is 11.6. The number of nitrogens with zero attached hydrogens (tertiary/aromatic N) is 1. The van der Waals surface area contributed by atoms with E-state index in [2.05, 4.69) is 4.98 Å². The molecule has 0 unspecified atom stereocenters. The molecule has 0 saturated heterocycles. The number of aromatic nitrogens is 1. The van der Waals surface area contributed by atoms with Crippen LogP contribution >= 0.6 is 11.6 Å². The second-order valence-electron chi connectivity index (χ2n) is 4.97. The van der Waals surface area contributed by atoms with E-state index >= 15 is 0 Å². The van der Waals surface area contributed by atoms with Crippen molar-refractivity contribution in [2.45, 2.75) is 6.61 Å². The maximum Gasteiger partial charge on any atom is 0.127 e. The highest BCUT2D eigenvalue weighted by molar-refractivity contribution is 6.31. The molecule has 0 fully saturated rings. The molecule has 3 nitrogen and oxygen atoms in total. The van der Waals surface area contributed by atoms with Gasteiger partial charge in [-0.05, 0) is 36.4 Å². The third-order valence-electron chi connectivity index (χ3n) is 3.75. The van der Waals surface area contributed by atoms with Crippen molar-refractivity contribution >= 4 is 22.5 Å². The number of pyridine rings is 1. The molecule has 0 radical (unpaired) electrons. The van der Waals surface area contributed by atoms with Crippen LogP contribution in [0.3, 0.4) is 0 Å². The van der Waals surface area contributed by atoms with Crippen molar-refractivity contribution in [1.82, 2.24) is 4.98 Å². The summed E-state index contributed by atoms with van der Waals surface area (Å²) < 4.78 is 11.1. The van der Waals surface area contributed by atoms with Gasteiger partial charge in [0.15, 0.2) is 0 Å². The first kappa shape index (κ1) is 12.5. The van der Waals surface area contributed by atoms with Crippen LogP contribution < -0.4 is 9.47 Å². The molecule has 2 heterocycles. The van der Waals surface area contributed by atoms with E-state index < -0.39 is 0 Å². The molecule has 3 aromatic rings. The van der Waals surface area contributed by atoms with Crippen LogP contribution in [0.5, 0.6) is 11.5 Å². The van der Waals surface area contributed by atoms with Gasteiger partial charge in [0.1, 0.15) is 18.1 Å². The molecule has 104 valence electrons. The third kappa shape index (κ3) is 1.93. The molecule has 0 N–H and O–H groups in total. The summed E-state index contributed by atoms with van der Waals surface area (Å²) in [6.45, 7) is 0.518. The molecule has 21 heavy (non-hydrogen) atoms. The Labute approximate surface area is 127 Å². The van der Waals surface area contributed by atoms with E-state index in [1.165, 1.54) is 0 Å². The van der Waals surface area contributed by atoms with Crippen LogP contribution in [0.1, 0.15) is 5.56 Å². The van der Waals surface area contributed by atoms with Gasteiger partial charge in [0, 0.05) is 33.3 Å². The van der Waals surface area contributed by atoms with Crippen LogP contribution in [-0.4, -0.2) is 12.1 Å². The zero-order chi connectivity index (χ0) is 14.4. The lowest BCUT2D eigenvalue weighted by Crippen LogP contribution is -2.06. The lowest BCUT2D eigenvalue weighted by Gasteiger charge is -2.22. The summed E-state index contributed by atoms with van der Waals surface area (Å²) in [5.41, 5.74) is 4.12. The van der Waals surface area contributed by atoms with E-state index in [1.807, 2.05) is 42.6 Å². The Hall–Kier alpha value is -2.26. The van der Waals surface area contributed by atoms with Crippen LogP contribution in [0.2, 0.25) is 5.02 Å².